The predicted molar refractivity (Wildman–Crippen MR) is 134 cm³/mol. The smallest absolute Gasteiger partial charge is 0.240 e. The highest BCUT2D eigenvalue weighted by atomic mass is 32.2. The number of anilines is 1. The standard InChI is InChI=1S/C24H26N4O6S/c1-14(4-5-15-6-8-18-20(10-15)34-13-33-18)27-28-24-26-23(30)21(35-24)12-22(29)25-16-7-9-17(31-2)19(11-16)32-3/h6-11,21H,4-5,12-13H2,1-3H3,(H,25,29)(H,26,28,30)/b27-14-/t21-/m1/s1. The first-order valence-corrected chi connectivity index (χ1v) is 11.8. The van der Waals surface area contributed by atoms with E-state index in [-0.39, 0.29) is 25.0 Å². The van der Waals surface area contributed by atoms with Gasteiger partial charge in [0.05, 0.1) is 14.2 Å². The van der Waals surface area contributed by atoms with Crippen molar-refractivity contribution in [1.29, 1.82) is 0 Å². The molecule has 0 aliphatic carbocycles. The second-order valence-electron chi connectivity index (χ2n) is 7.85. The summed E-state index contributed by atoms with van der Waals surface area (Å²) in [5.74, 6) is 2.00. The van der Waals surface area contributed by atoms with Gasteiger partial charge in [-0.1, -0.05) is 17.8 Å². The van der Waals surface area contributed by atoms with E-state index in [1.54, 1.807) is 18.2 Å². The second-order valence-corrected chi connectivity index (χ2v) is 9.04. The largest absolute Gasteiger partial charge is 0.493 e. The minimum Gasteiger partial charge on any atom is -0.493 e. The molecular weight excluding hydrogens is 472 g/mol. The second kappa shape index (κ2) is 11.1. The molecule has 2 aliphatic heterocycles. The molecule has 2 amide bonds. The summed E-state index contributed by atoms with van der Waals surface area (Å²) < 4.78 is 21.2. The maximum Gasteiger partial charge on any atom is 0.240 e. The van der Waals surface area contributed by atoms with Crippen molar-refractivity contribution in [2.75, 3.05) is 26.3 Å². The number of nitrogens with one attached hydrogen (secondary N) is 2. The number of carbonyl (C=O) groups excluding carboxylic acids is 2. The van der Waals surface area contributed by atoms with Gasteiger partial charge in [-0.05, 0) is 49.6 Å². The summed E-state index contributed by atoms with van der Waals surface area (Å²) >= 11 is 1.19. The van der Waals surface area contributed by atoms with Crippen LogP contribution < -0.4 is 29.6 Å². The lowest BCUT2D eigenvalue weighted by Crippen LogP contribution is -2.28. The zero-order valence-corrected chi connectivity index (χ0v) is 20.4. The third-order valence-electron chi connectivity index (χ3n) is 5.34. The third kappa shape index (κ3) is 6.24. The van der Waals surface area contributed by atoms with Gasteiger partial charge in [0.1, 0.15) is 5.25 Å². The molecule has 184 valence electrons. The SMILES string of the molecule is COc1ccc(NC(=O)C[C@H]2S/C(=N\N=C(\C)CCc3ccc4c(c3)OCO4)NC2=O)cc1OC. The topological polar surface area (TPSA) is 120 Å². The highest BCUT2D eigenvalue weighted by molar-refractivity contribution is 8.15. The molecule has 11 heteroatoms. The van der Waals surface area contributed by atoms with Crippen molar-refractivity contribution in [2.45, 2.75) is 31.4 Å². The van der Waals surface area contributed by atoms with Crippen LogP contribution in [0.4, 0.5) is 5.69 Å². The van der Waals surface area contributed by atoms with Crippen molar-refractivity contribution in [2.24, 2.45) is 10.2 Å². The van der Waals surface area contributed by atoms with E-state index in [2.05, 4.69) is 20.8 Å². The molecule has 0 spiro atoms. The van der Waals surface area contributed by atoms with E-state index in [9.17, 15) is 9.59 Å². The molecule has 1 atom stereocenters. The summed E-state index contributed by atoms with van der Waals surface area (Å²) in [6, 6.07) is 10.9. The average Bonchev–Trinajstić information content (AvgIpc) is 3.46. The Morgan fingerprint density at radius 1 is 1.14 bits per heavy atom. The molecule has 2 aromatic carbocycles. The number of methoxy groups -OCH3 is 2. The molecule has 0 unspecified atom stereocenters. The summed E-state index contributed by atoms with van der Waals surface area (Å²) in [7, 11) is 3.06. The van der Waals surface area contributed by atoms with E-state index in [0.717, 1.165) is 29.2 Å². The number of carbonyl (C=O) groups is 2. The Morgan fingerprint density at radius 2 is 1.94 bits per heavy atom. The maximum atomic E-state index is 12.5. The fraction of sp³-hybridized carbons (Fsp3) is 0.333. The summed E-state index contributed by atoms with van der Waals surface area (Å²) in [5.41, 5.74) is 2.48. The molecule has 2 aliphatic rings. The average molecular weight is 499 g/mol. The minimum atomic E-state index is -0.585. The van der Waals surface area contributed by atoms with Crippen LogP contribution in [-0.2, 0) is 16.0 Å². The lowest BCUT2D eigenvalue weighted by atomic mass is 10.1. The van der Waals surface area contributed by atoms with E-state index < -0.39 is 5.25 Å². The summed E-state index contributed by atoms with van der Waals surface area (Å²) in [5, 5.41) is 13.6. The Hall–Kier alpha value is -3.73. The molecule has 2 N–H and O–H groups in total. The highest BCUT2D eigenvalue weighted by Crippen LogP contribution is 2.33. The van der Waals surface area contributed by atoms with Gasteiger partial charge in [-0.25, -0.2) is 0 Å². The maximum absolute atomic E-state index is 12.5. The molecule has 0 bridgehead atoms. The lowest BCUT2D eigenvalue weighted by Gasteiger charge is -2.11. The number of rotatable bonds is 9. The number of amidine groups is 1. The van der Waals surface area contributed by atoms with E-state index >= 15 is 0 Å². The molecule has 1 saturated heterocycles. The van der Waals surface area contributed by atoms with Gasteiger partial charge in [0.25, 0.3) is 0 Å². The molecule has 0 aromatic heterocycles. The number of amides is 2. The van der Waals surface area contributed by atoms with Crippen LogP contribution in [-0.4, -0.2) is 49.0 Å². The van der Waals surface area contributed by atoms with Crippen molar-refractivity contribution < 1.29 is 28.5 Å². The molecule has 2 aromatic rings. The molecule has 0 radical (unpaired) electrons. The molecule has 35 heavy (non-hydrogen) atoms. The van der Waals surface area contributed by atoms with Crippen molar-refractivity contribution in [3.63, 3.8) is 0 Å². The quantitative estimate of drug-likeness (QED) is 0.402. The Labute approximate surface area is 207 Å². The van der Waals surface area contributed by atoms with Crippen LogP contribution in [0.2, 0.25) is 0 Å². The highest BCUT2D eigenvalue weighted by Gasteiger charge is 2.32. The molecule has 0 saturated carbocycles. The van der Waals surface area contributed by atoms with Crippen LogP contribution >= 0.6 is 11.8 Å². The molecule has 2 heterocycles. The molecule has 10 nitrogen and oxygen atoms in total. The van der Waals surface area contributed by atoms with Crippen molar-refractivity contribution in [3.8, 4) is 23.0 Å². The van der Waals surface area contributed by atoms with Crippen LogP contribution in [0, 0.1) is 0 Å². The Kier molecular flexibility index (Phi) is 7.76. The lowest BCUT2D eigenvalue weighted by molar-refractivity contribution is -0.122. The third-order valence-corrected chi connectivity index (χ3v) is 6.41. The van der Waals surface area contributed by atoms with Gasteiger partial charge in [-0.2, -0.15) is 5.10 Å². The van der Waals surface area contributed by atoms with Gasteiger partial charge >= 0.3 is 0 Å². The number of benzene rings is 2. The number of fused-ring (bicyclic) bond motifs is 1. The predicted octanol–water partition coefficient (Wildman–Crippen LogP) is 3.36. The van der Waals surface area contributed by atoms with Crippen LogP contribution in [0.15, 0.2) is 46.6 Å². The first kappa shape index (κ1) is 24.4. The first-order chi connectivity index (χ1) is 16.9. The fourth-order valence-corrected chi connectivity index (χ4v) is 4.40. The van der Waals surface area contributed by atoms with Gasteiger partial charge in [0.2, 0.25) is 18.6 Å². The van der Waals surface area contributed by atoms with Gasteiger partial charge in [0, 0.05) is 23.9 Å². The number of thioether (sulfide) groups is 1. The molecule has 4 rings (SSSR count). The van der Waals surface area contributed by atoms with E-state index in [0.29, 0.717) is 28.8 Å². The number of hydrogen-bond acceptors (Lipinski definition) is 9. The summed E-state index contributed by atoms with van der Waals surface area (Å²) in [6.45, 7) is 2.13. The van der Waals surface area contributed by atoms with Crippen molar-refractivity contribution in [3.05, 3.63) is 42.0 Å². The normalized spacial score (nSPS) is 17.9. The van der Waals surface area contributed by atoms with E-state index in [1.807, 2.05) is 25.1 Å². The zero-order valence-electron chi connectivity index (χ0n) is 19.6. The van der Waals surface area contributed by atoms with Crippen LogP contribution in [0.25, 0.3) is 0 Å². The fourth-order valence-electron chi connectivity index (χ4n) is 3.48. The van der Waals surface area contributed by atoms with Crippen LogP contribution in [0.1, 0.15) is 25.3 Å². The molecule has 1 fully saturated rings. The minimum absolute atomic E-state index is 0.00330. The van der Waals surface area contributed by atoms with Crippen molar-refractivity contribution >= 4 is 40.1 Å². The van der Waals surface area contributed by atoms with Crippen LogP contribution in [0.5, 0.6) is 23.0 Å². The monoisotopic (exact) mass is 498 g/mol. The van der Waals surface area contributed by atoms with Gasteiger partial charge in [-0.15, -0.1) is 5.10 Å². The van der Waals surface area contributed by atoms with Crippen molar-refractivity contribution in [1.82, 2.24) is 5.32 Å². The summed E-state index contributed by atoms with van der Waals surface area (Å²) in [4.78, 5) is 24.8. The van der Waals surface area contributed by atoms with Gasteiger partial charge < -0.3 is 29.6 Å². The number of aryl methyl sites for hydroxylation is 1. The van der Waals surface area contributed by atoms with Gasteiger partial charge in [0.15, 0.2) is 28.2 Å². The zero-order chi connectivity index (χ0) is 24.8. The van der Waals surface area contributed by atoms with Crippen LogP contribution in [0.3, 0.4) is 0 Å². The summed E-state index contributed by atoms with van der Waals surface area (Å²) in [6.07, 6.45) is 1.47. The Balaban J connectivity index is 1.28. The number of hydrogen-bond donors (Lipinski definition) is 2. The number of nitrogens with zero attached hydrogens (tertiary/aromatic N) is 2. The van der Waals surface area contributed by atoms with E-state index in [4.69, 9.17) is 18.9 Å². The Morgan fingerprint density at radius 3 is 2.74 bits per heavy atom. The number of ether oxygens (including phenoxy) is 4. The first-order valence-electron chi connectivity index (χ1n) is 10.9. The Bertz CT molecular complexity index is 1180. The molecular formula is C24H26N4O6S. The van der Waals surface area contributed by atoms with E-state index in [1.165, 1.54) is 26.0 Å². The van der Waals surface area contributed by atoms with Gasteiger partial charge in [-0.3, -0.25) is 9.59 Å².